The minimum Gasteiger partial charge on any atom is -0.484 e. The number of benzene rings is 2. The fourth-order valence-corrected chi connectivity index (χ4v) is 2.25. The van der Waals surface area contributed by atoms with Gasteiger partial charge in [0.2, 0.25) is 0 Å². The van der Waals surface area contributed by atoms with E-state index in [9.17, 15) is 14.9 Å². The topological polar surface area (TPSA) is 93.8 Å². The number of hydrazone groups is 1. The minimum absolute atomic E-state index is 0.0310. The lowest BCUT2D eigenvalue weighted by atomic mass is 10.1. The molecular formula is C18H19N3O4. The van der Waals surface area contributed by atoms with Gasteiger partial charge in [0.1, 0.15) is 5.75 Å². The van der Waals surface area contributed by atoms with Crippen molar-refractivity contribution in [2.24, 2.45) is 5.10 Å². The zero-order valence-corrected chi connectivity index (χ0v) is 14.3. The van der Waals surface area contributed by atoms with E-state index in [-0.39, 0.29) is 12.3 Å². The highest BCUT2D eigenvalue weighted by Crippen LogP contribution is 2.16. The Kier molecular flexibility index (Phi) is 5.84. The second-order valence-electron chi connectivity index (χ2n) is 5.65. The Balaban J connectivity index is 1.95. The van der Waals surface area contributed by atoms with Crippen molar-refractivity contribution < 1.29 is 14.5 Å². The largest absolute Gasteiger partial charge is 0.484 e. The summed E-state index contributed by atoms with van der Waals surface area (Å²) < 4.78 is 5.45. The van der Waals surface area contributed by atoms with Crippen LogP contribution in [0.25, 0.3) is 0 Å². The maximum Gasteiger partial charge on any atom is 0.277 e. The maximum absolute atomic E-state index is 11.8. The van der Waals surface area contributed by atoms with Crippen LogP contribution < -0.4 is 10.2 Å². The van der Waals surface area contributed by atoms with Crippen LogP contribution >= 0.6 is 0 Å². The highest BCUT2D eigenvalue weighted by molar-refractivity contribution is 5.99. The molecule has 1 amide bonds. The molecule has 0 aliphatic rings. The maximum atomic E-state index is 11.8. The molecule has 2 aromatic rings. The number of hydrogen-bond donors (Lipinski definition) is 1. The van der Waals surface area contributed by atoms with E-state index >= 15 is 0 Å². The van der Waals surface area contributed by atoms with Gasteiger partial charge in [0, 0.05) is 17.7 Å². The van der Waals surface area contributed by atoms with Gasteiger partial charge in [0.25, 0.3) is 11.6 Å². The summed E-state index contributed by atoms with van der Waals surface area (Å²) >= 11 is 0. The highest BCUT2D eigenvalue weighted by atomic mass is 16.6. The number of ether oxygens (including phenoxy) is 1. The number of non-ortho nitro benzene ring substituents is 1. The monoisotopic (exact) mass is 341 g/mol. The Bertz CT molecular complexity index is 811. The quantitative estimate of drug-likeness (QED) is 0.496. The van der Waals surface area contributed by atoms with Crippen molar-refractivity contribution >= 4 is 17.3 Å². The Hall–Kier alpha value is -3.22. The summed E-state index contributed by atoms with van der Waals surface area (Å²) in [7, 11) is 0. The van der Waals surface area contributed by atoms with E-state index in [0.29, 0.717) is 17.0 Å². The van der Waals surface area contributed by atoms with Crippen LogP contribution in [0.15, 0.2) is 47.6 Å². The number of aryl methyl sites for hydroxylation is 2. The van der Waals surface area contributed by atoms with E-state index in [4.69, 9.17) is 4.74 Å². The van der Waals surface area contributed by atoms with Crippen molar-refractivity contribution in [3.63, 3.8) is 0 Å². The van der Waals surface area contributed by atoms with Crippen LogP contribution in [-0.2, 0) is 4.79 Å². The molecule has 0 atom stereocenters. The number of carbonyl (C=O) groups excluding carboxylic acids is 1. The number of nitrogens with one attached hydrogen (secondary N) is 1. The van der Waals surface area contributed by atoms with Crippen LogP contribution in [0.3, 0.4) is 0 Å². The molecule has 25 heavy (non-hydrogen) atoms. The van der Waals surface area contributed by atoms with Gasteiger partial charge >= 0.3 is 0 Å². The van der Waals surface area contributed by atoms with Crippen molar-refractivity contribution in [3.05, 3.63) is 69.3 Å². The first-order chi connectivity index (χ1) is 11.8. The minimum atomic E-state index is -0.479. The van der Waals surface area contributed by atoms with Crippen LogP contribution in [0.5, 0.6) is 5.75 Å². The Morgan fingerprint density at radius 3 is 2.52 bits per heavy atom. The molecule has 0 radical (unpaired) electrons. The molecule has 0 saturated heterocycles. The average Bonchev–Trinajstić information content (AvgIpc) is 2.57. The second-order valence-corrected chi connectivity index (χ2v) is 5.65. The summed E-state index contributed by atoms with van der Waals surface area (Å²) in [6, 6.07) is 11.8. The Labute approximate surface area is 145 Å². The first kappa shape index (κ1) is 18.1. The molecule has 130 valence electrons. The molecular weight excluding hydrogens is 322 g/mol. The summed E-state index contributed by atoms with van der Waals surface area (Å²) in [4.78, 5) is 22.2. The summed E-state index contributed by atoms with van der Waals surface area (Å²) in [5.41, 5.74) is 5.48. The molecule has 0 heterocycles. The van der Waals surface area contributed by atoms with Crippen molar-refractivity contribution in [2.75, 3.05) is 6.61 Å². The highest BCUT2D eigenvalue weighted by Gasteiger charge is 2.08. The summed E-state index contributed by atoms with van der Waals surface area (Å²) in [5, 5.41) is 14.7. The fourth-order valence-electron chi connectivity index (χ4n) is 2.25. The molecule has 0 saturated carbocycles. The fraction of sp³-hybridized carbons (Fsp3) is 0.222. The van der Waals surface area contributed by atoms with Gasteiger partial charge in [-0.25, -0.2) is 5.43 Å². The van der Waals surface area contributed by atoms with Gasteiger partial charge in [-0.2, -0.15) is 5.10 Å². The zero-order chi connectivity index (χ0) is 18.4. The third-order valence-corrected chi connectivity index (χ3v) is 3.39. The molecule has 2 rings (SSSR count). The van der Waals surface area contributed by atoms with Crippen LogP contribution in [0.4, 0.5) is 5.69 Å². The van der Waals surface area contributed by atoms with Crippen LogP contribution in [0, 0.1) is 24.0 Å². The Morgan fingerprint density at radius 1 is 1.20 bits per heavy atom. The van der Waals surface area contributed by atoms with Crippen molar-refractivity contribution in [1.82, 2.24) is 5.43 Å². The van der Waals surface area contributed by atoms with E-state index in [0.717, 1.165) is 11.1 Å². The lowest BCUT2D eigenvalue weighted by Gasteiger charge is -2.07. The third-order valence-electron chi connectivity index (χ3n) is 3.39. The Morgan fingerprint density at radius 2 is 1.88 bits per heavy atom. The lowest BCUT2D eigenvalue weighted by Crippen LogP contribution is -2.25. The summed E-state index contributed by atoms with van der Waals surface area (Å²) in [6.07, 6.45) is 0. The number of amides is 1. The zero-order valence-electron chi connectivity index (χ0n) is 14.3. The van der Waals surface area contributed by atoms with Crippen molar-refractivity contribution in [2.45, 2.75) is 20.8 Å². The first-order valence-electron chi connectivity index (χ1n) is 7.64. The first-order valence-corrected chi connectivity index (χ1v) is 7.64. The second kappa shape index (κ2) is 8.05. The number of rotatable bonds is 6. The van der Waals surface area contributed by atoms with E-state index in [1.165, 1.54) is 12.1 Å². The molecule has 7 heteroatoms. The predicted octanol–water partition coefficient (Wildman–Crippen LogP) is 3.13. The van der Waals surface area contributed by atoms with Gasteiger partial charge in [-0.3, -0.25) is 14.9 Å². The number of nitro benzene ring substituents is 1. The third kappa shape index (κ3) is 5.42. The van der Waals surface area contributed by atoms with E-state index < -0.39 is 10.8 Å². The number of carbonyl (C=O) groups is 1. The predicted molar refractivity (Wildman–Crippen MR) is 94.9 cm³/mol. The van der Waals surface area contributed by atoms with Gasteiger partial charge in [-0.15, -0.1) is 0 Å². The van der Waals surface area contributed by atoms with Gasteiger partial charge in [-0.1, -0.05) is 18.2 Å². The number of nitrogens with zero attached hydrogens (tertiary/aromatic N) is 2. The normalized spacial score (nSPS) is 11.1. The summed E-state index contributed by atoms with van der Waals surface area (Å²) in [5.74, 6) is 0.205. The molecule has 0 aliphatic carbocycles. The molecule has 0 spiro atoms. The lowest BCUT2D eigenvalue weighted by molar-refractivity contribution is -0.384. The van der Waals surface area contributed by atoms with Gasteiger partial charge in [0.15, 0.2) is 6.61 Å². The van der Waals surface area contributed by atoms with Crippen LogP contribution in [-0.4, -0.2) is 23.1 Å². The molecule has 2 aromatic carbocycles. The van der Waals surface area contributed by atoms with Crippen LogP contribution in [0.2, 0.25) is 0 Å². The molecule has 1 N–H and O–H groups in total. The number of nitro groups is 1. The molecule has 0 fully saturated rings. The van der Waals surface area contributed by atoms with E-state index in [1.54, 1.807) is 19.1 Å². The molecule has 0 unspecified atom stereocenters. The van der Waals surface area contributed by atoms with Crippen molar-refractivity contribution in [3.8, 4) is 5.75 Å². The smallest absolute Gasteiger partial charge is 0.277 e. The average molecular weight is 341 g/mol. The van der Waals surface area contributed by atoms with Crippen molar-refractivity contribution in [1.29, 1.82) is 0 Å². The van der Waals surface area contributed by atoms with Gasteiger partial charge in [0.05, 0.1) is 10.6 Å². The summed E-state index contributed by atoms with van der Waals surface area (Å²) in [6.45, 7) is 5.39. The standard InChI is InChI=1S/C18H19N3O4/c1-12-7-13(2)9-17(8-12)25-11-18(22)20-19-14(3)15-5-4-6-16(10-15)21(23)24/h4-10H,11H2,1-3H3,(H,20,22)/b19-14-. The van der Waals surface area contributed by atoms with E-state index in [2.05, 4.69) is 10.5 Å². The number of hydrogen-bond acceptors (Lipinski definition) is 5. The molecule has 7 nitrogen and oxygen atoms in total. The molecule has 0 bridgehead atoms. The van der Waals surface area contributed by atoms with Gasteiger partial charge < -0.3 is 4.74 Å². The van der Waals surface area contributed by atoms with Gasteiger partial charge in [-0.05, 0) is 44.0 Å². The molecule has 0 aliphatic heterocycles. The van der Waals surface area contributed by atoms with E-state index in [1.807, 2.05) is 32.0 Å². The molecule has 0 aromatic heterocycles. The van der Waals surface area contributed by atoms with Crippen LogP contribution in [0.1, 0.15) is 23.6 Å². The SMILES string of the molecule is C/C(=N/NC(=O)COc1cc(C)cc(C)c1)c1cccc([N+](=O)[O-])c1.